The summed E-state index contributed by atoms with van der Waals surface area (Å²) in [6, 6.07) is 0.264. The number of hydrogen-bond donors (Lipinski definition) is 1. The molecule has 2 nitrogen and oxygen atoms in total. The summed E-state index contributed by atoms with van der Waals surface area (Å²) in [5.74, 6) is 0.883. The number of unbranched alkanes of at least 4 members (excludes halogenated alkanes) is 8. The number of carbonyl (C=O) groups is 1. The molecule has 0 heterocycles. The molecule has 0 aromatic carbocycles. The molecule has 0 bridgehead atoms. The molecule has 120 valence electrons. The van der Waals surface area contributed by atoms with Crippen LogP contribution in [0.2, 0.25) is 0 Å². The first-order valence-electron chi connectivity index (χ1n) is 8.56. The van der Waals surface area contributed by atoms with E-state index in [9.17, 15) is 4.79 Å². The Kier molecular flexibility index (Phi) is 15.0. The van der Waals surface area contributed by atoms with E-state index < -0.39 is 0 Å². The average molecular weight is 304 g/mol. The standard InChI is InChI=1S/C17H34ClNO/c1-3-4-5-6-7-8-9-10-11-14-17(20)19-16(2)13-12-15-18/h16H,3-15H2,1-2H3,(H,19,20). The molecule has 0 rings (SSSR count). The van der Waals surface area contributed by atoms with E-state index in [2.05, 4.69) is 19.2 Å². The number of rotatable bonds is 14. The van der Waals surface area contributed by atoms with Gasteiger partial charge in [0.2, 0.25) is 5.91 Å². The van der Waals surface area contributed by atoms with Gasteiger partial charge in [-0.3, -0.25) is 4.79 Å². The number of hydrogen-bond acceptors (Lipinski definition) is 1. The molecular formula is C17H34ClNO. The predicted molar refractivity (Wildman–Crippen MR) is 89.4 cm³/mol. The predicted octanol–water partition coefficient (Wildman–Crippen LogP) is 5.43. The van der Waals surface area contributed by atoms with Crippen LogP contribution in [0.25, 0.3) is 0 Å². The van der Waals surface area contributed by atoms with Crippen molar-refractivity contribution in [3.8, 4) is 0 Å². The number of halogens is 1. The quantitative estimate of drug-likeness (QED) is 0.336. The normalized spacial score (nSPS) is 12.3. The van der Waals surface area contributed by atoms with Crippen LogP contribution in [0.5, 0.6) is 0 Å². The van der Waals surface area contributed by atoms with Crippen LogP contribution >= 0.6 is 11.6 Å². The first-order valence-corrected chi connectivity index (χ1v) is 9.09. The number of nitrogens with one attached hydrogen (secondary N) is 1. The highest BCUT2D eigenvalue weighted by Crippen LogP contribution is 2.10. The van der Waals surface area contributed by atoms with Crippen molar-refractivity contribution in [3.63, 3.8) is 0 Å². The van der Waals surface area contributed by atoms with Crippen molar-refractivity contribution in [2.24, 2.45) is 0 Å². The van der Waals surface area contributed by atoms with Crippen molar-refractivity contribution in [1.29, 1.82) is 0 Å². The first kappa shape index (κ1) is 19.8. The van der Waals surface area contributed by atoms with Gasteiger partial charge in [0.15, 0.2) is 0 Å². The smallest absolute Gasteiger partial charge is 0.220 e. The maximum atomic E-state index is 11.7. The molecule has 0 aliphatic rings. The Morgan fingerprint density at radius 1 is 0.950 bits per heavy atom. The van der Waals surface area contributed by atoms with Gasteiger partial charge in [-0.2, -0.15) is 0 Å². The van der Waals surface area contributed by atoms with Crippen LogP contribution in [-0.2, 0) is 4.79 Å². The third-order valence-electron chi connectivity index (χ3n) is 3.69. The molecule has 0 saturated carbocycles. The van der Waals surface area contributed by atoms with Crippen molar-refractivity contribution in [1.82, 2.24) is 5.32 Å². The van der Waals surface area contributed by atoms with Crippen LogP contribution in [0.1, 0.15) is 90.9 Å². The summed E-state index contributed by atoms with van der Waals surface area (Å²) in [7, 11) is 0. The van der Waals surface area contributed by atoms with Crippen LogP contribution in [-0.4, -0.2) is 17.8 Å². The Hall–Kier alpha value is -0.240. The zero-order valence-corrected chi connectivity index (χ0v) is 14.3. The highest BCUT2D eigenvalue weighted by Gasteiger charge is 2.06. The molecule has 0 saturated heterocycles. The molecule has 1 atom stereocenters. The van der Waals surface area contributed by atoms with Crippen LogP contribution in [0.15, 0.2) is 0 Å². The lowest BCUT2D eigenvalue weighted by Gasteiger charge is -2.12. The van der Waals surface area contributed by atoms with Crippen molar-refractivity contribution in [2.75, 3.05) is 5.88 Å². The number of alkyl halides is 1. The van der Waals surface area contributed by atoms with Gasteiger partial charge in [0.05, 0.1) is 0 Å². The van der Waals surface area contributed by atoms with Crippen LogP contribution in [0.3, 0.4) is 0 Å². The Balaban J connectivity index is 3.26. The molecule has 3 heteroatoms. The van der Waals surface area contributed by atoms with E-state index in [0.29, 0.717) is 12.3 Å². The molecule has 0 aliphatic carbocycles. The third kappa shape index (κ3) is 14.2. The minimum atomic E-state index is 0.204. The minimum absolute atomic E-state index is 0.204. The van der Waals surface area contributed by atoms with E-state index in [1.165, 1.54) is 51.4 Å². The van der Waals surface area contributed by atoms with E-state index in [1.54, 1.807) is 0 Å². The summed E-state index contributed by atoms with van der Waals surface area (Å²) in [4.78, 5) is 11.7. The van der Waals surface area contributed by atoms with Gasteiger partial charge in [-0.1, -0.05) is 58.3 Å². The van der Waals surface area contributed by atoms with E-state index in [-0.39, 0.29) is 11.9 Å². The van der Waals surface area contributed by atoms with Gasteiger partial charge in [0, 0.05) is 18.3 Å². The Labute approximate surface area is 131 Å². The molecule has 1 amide bonds. The maximum absolute atomic E-state index is 11.7. The van der Waals surface area contributed by atoms with Gasteiger partial charge in [0.25, 0.3) is 0 Å². The molecule has 1 N–H and O–H groups in total. The van der Waals surface area contributed by atoms with E-state index in [4.69, 9.17) is 11.6 Å². The SMILES string of the molecule is CCCCCCCCCCCC(=O)NC(C)CCCCl. The summed E-state index contributed by atoms with van der Waals surface area (Å²) in [6.45, 7) is 4.31. The molecule has 20 heavy (non-hydrogen) atoms. The molecular weight excluding hydrogens is 270 g/mol. The summed E-state index contributed by atoms with van der Waals surface area (Å²) >= 11 is 5.64. The van der Waals surface area contributed by atoms with Crippen LogP contribution in [0.4, 0.5) is 0 Å². The molecule has 0 aromatic rings. The van der Waals surface area contributed by atoms with Crippen molar-refractivity contribution >= 4 is 17.5 Å². The average Bonchev–Trinajstić information content (AvgIpc) is 2.43. The van der Waals surface area contributed by atoms with Crippen LogP contribution < -0.4 is 5.32 Å². The Morgan fingerprint density at radius 2 is 1.50 bits per heavy atom. The fraction of sp³-hybridized carbons (Fsp3) is 0.941. The van der Waals surface area contributed by atoms with Crippen molar-refractivity contribution in [3.05, 3.63) is 0 Å². The summed E-state index contributed by atoms with van der Waals surface area (Å²) < 4.78 is 0. The summed E-state index contributed by atoms with van der Waals surface area (Å²) in [5, 5.41) is 3.04. The molecule has 0 fully saturated rings. The van der Waals surface area contributed by atoms with Gasteiger partial charge in [-0.15, -0.1) is 11.6 Å². The van der Waals surface area contributed by atoms with Gasteiger partial charge >= 0.3 is 0 Å². The lowest BCUT2D eigenvalue weighted by Crippen LogP contribution is -2.32. The molecule has 1 unspecified atom stereocenters. The lowest BCUT2D eigenvalue weighted by atomic mass is 10.1. The highest BCUT2D eigenvalue weighted by molar-refractivity contribution is 6.17. The molecule has 0 radical (unpaired) electrons. The third-order valence-corrected chi connectivity index (χ3v) is 3.95. The Morgan fingerprint density at radius 3 is 2.05 bits per heavy atom. The second kappa shape index (κ2) is 15.2. The van der Waals surface area contributed by atoms with Crippen LogP contribution in [0, 0.1) is 0 Å². The zero-order valence-electron chi connectivity index (χ0n) is 13.6. The van der Waals surface area contributed by atoms with E-state index in [1.807, 2.05) is 0 Å². The van der Waals surface area contributed by atoms with Gasteiger partial charge < -0.3 is 5.32 Å². The van der Waals surface area contributed by atoms with Crippen molar-refractivity contribution < 1.29 is 4.79 Å². The van der Waals surface area contributed by atoms with E-state index in [0.717, 1.165) is 19.3 Å². The second-order valence-corrected chi connectivity index (χ2v) is 6.26. The number of carbonyl (C=O) groups excluding carboxylic acids is 1. The lowest BCUT2D eigenvalue weighted by molar-refractivity contribution is -0.121. The maximum Gasteiger partial charge on any atom is 0.220 e. The molecule has 0 spiro atoms. The highest BCUT2D eigenvalue weighted by atomic mass is 35.5. The fourth-order valence-electron chi connectivity index (χ4n) is 2.40. The van der Waals surface area contributed by atoms with Crippen molar-refractivity contribution in [2.45, 2.75) is 96.9 Å². The largest absolute Gasteiger partial charge is 0.354 e. The topological polar surface area (TPSA) is 29.1 Å². The van der Waals surface area contributed by atoms with Gasteiger partial charge in [-0.25, -0.2) is 0 Å². The Bertz CT molecular complexity index is 221. The van der Waals surface area contributed by atoms with Gasteiger partial charge in [-0.05, 0) is 26.2 Å². The first-order chi connectivity index (χ1) is 9.70. The monoisotopic (exact) mass is 303 g/mol. The summed E-state index contributed by atoms with van der Waals surface area (Å²) in [5.41, 5.74) is 0. The van der Waals surface area contributed by atoms with E-state index >= 15 is 0 Å². The number of amides is 1. The molecule has 0 aliphatic heterocycles. The van der Waals surface area contributed by atoms with Gasteiger partial charge in [0.1, 0.15) is 0 Å². The fourth-order valence-corrected chi connectivity index (χ4v) is 2.55. The second-order valence-electron chi connectivity index (χ2n) is 5.88. The zero-order chi connectivity index (χ0) is 15.1. The molecule has 0 aromatic heterocycles. The minimum Gasteiger partial charge on any atom is -0.354 e. The summed E-state index contributed by atoms with van der Waals surface area (Å²) in [6.07, 6.45) is 14.3.